The summed E-state index contributed by atoms with van der Waals surface area (Å²) in [7, 11) is 0. The Morgan fingerprint density at radius 1 is 1.44 bits per heavy atom. The molecule has 2 fully saturated rings. The number of aromatic nitrogens is 2. The zero-order valence-corrected chi connectivity index (χ0v) is 10.2. The first-order chi connectivity index (χ1) is 8.76. The highest BCUT2D eigenvalue weighted by Gasteiger charge is 2.27. The van der Waals surface area contributed by atoms with Gasteiger partial charge in [-0.1, -0.05) is 0 Å². The molecule has 0 aromatic carbocycles. The predicted octanol–water partition coefficient (Wildman–Crippen LogP) is 1.90. The molecule has 3 rings (SSSR count). The molecule has 2 aliphatic carbocycles. The molecule has 0 aliphatic heterocycles. The maximum absolute atomic E-state index is 11.8. The Labute approximate surface area is 106 Å². The van der Waals surface area contributed by atoms with E-state index < -0.39 is 0 Å². The number of nitriles is 1. The van der Waals surface area contributed by atoms with Crippen molar-refractivity contribution in [2.45, 2.75) is 38.6 Å². The van der Waals surface area contributed by atoms with Gasteiger partial charge in [0.15, 0.2) is 0 Å². The van der Waals surface area contributed by atoms with Crippen molar-refractivity contribution in [2.24, 2.45) is 11.8 Å². The van der Waals surface area contributed by atoms with E-state index >= 15 is 0 Å². The van der Waals surface area contributed by atoms with E-state index in [1.165, 1.54) is 19.0 Å². The summed E-state index contributed by atoms with van der Waals surface area (Å²) in [6.07, 6.45) is 6.85. The van der Waals surface area contributed by atoms with Gasteiger partial charge in [-0.15, -0.1) is 0 Å². The minimum absolute atomic E-state index is 0.00606. The Kier molecular flexibility index (Phi) is 2.78. The summed E-state index contributed by atoms with van der Waals surface area (Å²) in [6.45, 7) is 0.806. The molecule has 1 aromatic heterocycles. The minimum Gasteiger partial charge on any atom is -0.310 e. The van der Waals surface area contributed by atoms with E-state index in [2.05, 4.69) is 16.5 Å². The van der Waals surface area contributed by atoms with Crippen molar-refractivity contribution in [3.05, 3.63) is 11.8 Å². The zero-order valence-electron chi connectivity index (χ0n) is 10.2. The van der Waals surface area contributed by atoms with Gasteiger partial charge in [0.2, 0.25) is 5.91 Å². The molecule has 18 heavy (non-hydrogen) atoms. The number of nitrogens with zero attached hydrogens (tertiary/aromatic N) is 3. The maximum Gasteiger partial charge on any atom is 0.225 e. The Morgan fingerprint density at radius 2 is 2.17 bits per heavy atom. The Bertz CT molecular complexity index is 506. The average molecular weight is 244 g/mol. The normalized spacial score (nSPS) is 18.4. The van der Waals surface area contributed by atoms with Crippen LogP contribution in [0.15, 0.2) is 6.20 Å². The molecule has 1 aromatic rings. The monoisotopic (exact) mass is 244 g/mol. The number of anilines is 1. The van der Waals surface area contributed by atoms with Gasteiger partial charge in [-0.2, -0.15) is 10.4 Å². The van der Waals surface area contributed by atoms with Crippen LogP contribution >= 0.6 is 0 Å². The summed E-state index contributed by atoms with van der Waals surface area (Å²) in [5, 5.41) is 16.1. The van der Waals surface area contributed by atoms with E-state index in [0.29, 0.717) is 29.6 Å². The lowest BCUT2D eigenvalue weighted by molar-refractivity contribution is -0.116. The van der Waals surface area contributed by atoms with Gasteiger partial charge in [0, 0.05) is 13.0 Å². The van der Waals surface area contributed by atoms with Crippen molar-refractivity contribution in [3.63, 3.8) is 0 Å². The van der Waals surface area contributed by atoms with Crippen LogP contribution in [0.2, 0.25) is 0 Å². The van der Waals surface area contributed by atoms with E-state index in [4.69, 9.17) is 5.26 Å². The fourth-order valence-electron chi connectivity index (χ4n) is 2.05. The molecule has 94 valence electrons. The lowest BCUT2D eigenvalue weighted by Gasteiger charge is -2.08. The van der Waals surface area contributed by atoms with E-state index in [0.717, 1.165) is 19.4 Å². The number of carbonyl (C=O) groups excluding carboxylic acids is 1. The topological polar surface area (TPSA) is 70.7 Å². The lowest BCUT2D eigenvalue weighted by Crippen LogP contribution is -2.17. The Morgan fingerprint density at radius 3 is 2.78 bits per heavy atom. The summed E-state index contributed by atoms with van der Waals surface area (Å²) >= 11 is 0. The van der Waals surface area contributed by atoms with Gasteiger partial charge in [-0.3, -0.25) is 4.79 Å². The largest absolute Gasteiger partial charge is 0.310 e. The van der Waals surface area contributed by atoms with Crippen molar-refractivity contribution < 1.29 is 4.79 Å². The number of nitrogens with one attached hydrogen (secondary N) is 1. The maximum atomic E-state index is 11.8. The molecular weight excluding hydrogens is 228 g/mol. The van der Waals surface area contributed by atoms with Crippen molar-refractivity contribution in [1.82, 2.24) is 9.78 Å². The van der Waals surface area contributed by atoms with Crippen LogP contribution in [0.25, 0.3) is 0 Å². The van der Waals surface area contributed by atoms with Gasteiger partial charge in [0.05, 0.1) is 6.20 Å². The quantitative estimate of drug-likeness (QED) is 0.860. The van der Waals surface area contributed by atoms with Gasteiger partial charge in [0.25, 0.3) is 0 Å². The second-order valence-electron chi connectivity index (χ2n) is 5.34. The smallest absolute Gasteiger partial charge is 0.225 e. The first-order valence-electron chi connectivity index (χ1n) is 6.52. The number of hydrogen-bond acceptors (Lipinski definition) is 3. The van der Waals surface area contributed by atoms with Crippen LogP contribution in [-0.4, -0.2) is 15.7 Å². The third-order valence-corrected chi connectivity index (χ3v) is 3.52. The summed E-state index contributed by atoms with van der Waals surface area (Å²) in [6, 6.07) is 2.09. The fourth-order valence-corrected chi connectivity index (χ4v) is 2.05. The molecule has 0 spiro atoms. The molecule has 0 unspecified atom stereocenters. The second kappa shape index (κ2) is 4.45. The van der Waals surface area contributed by atoms with Gasteiger partial charge in [-0.05, 0) is 37.5 Å². The van der Waals surface area contributed by atoms with Gasteiger partial charge < -0.3 is 5.32 Å². The molecule has 1 heterocycles. The lowest BCUT2D eigenvalue weighted by atomic mass is 10.2. The van der Waals surface area contributed by atoms with E-state index in [9.17, 15) is 4.79 Å². The SMILES string of the molecule is N#Cc1cnn(CC2CC2)c1NC(=O)CC1CC1. The molecule has 0 radical (unpaired) electrons. The van der Waals surface area contributed by atoms with Crippen molar-refractivity contribution in [3.8, 4) is 6.07 Å². The molecular formula is C13H16N4O. The third kappa shape index (κ3) is 2.53. The molecule has 1 amide bonds. The van der Waals surface area contributed by atoms with E-state index in [-0.39, 0.29) is 5.91 Å². The summed E-state index contributed by atoms with van der Waals surface area (Å²) < 4.78 is 1.76. The standard InChI is InChI=1S/C13H16N4O/c14-6-11-7-15-17(8-10-3-4-10)13(11)16-12(18)5-9-1-2-9/h7,9-10H,1-5,8H2,(H,16,18). The van der Waals surface area contributed by atoms with Crippen LogP contribution in [-0.2, 0) is 11.3 Å². The van der Waals surface area contributed by atoms with Gasteiger partial charge in [0.1, 0.15) is 17.5 Å². The van der Waals surface area contributed by atoms with E-state index in [1.54, 1.807) is 4.68 Å². The highest BCUT2D eigenvalue weighted by molar-refractivity contribution is 5.91. The molecule has 5 heteroatoms. The molecule has 0 saturated heterocycles. The highest BCUT2D eigenvalue weighted by atomic mass is 16.1. The third-order valence-electron chi connectivity index (χ3n) is 3.52. The fraction of sp³-hybridized carbons (Fsp3) is 0.615. The number of rotatable bonds is 5. The van der Waals surface area contributed by atoms with Gasteiger partial charge in [-0.25, -0.2) is 4.68 Å². The Hall–Kier alpha value is -1.83. The minimum atomic E-state index is 0.00606. The first kappa shape index (κ1) is 11.3. The van der Waals surface area contributed by atoms with E-state index in [1.807, 2.05) is 0 Å². The van der Waals surface area contributed by atoms with Crippen molar-refractivity contribution >= 4 is 11.7 Å². The van der Waals surface area contributed by atoms with Crippen molar-refractivity contribution in [2.75, 3.05) is 5.32 Å². The van der Waals surface area contributed by atoms with Gasteiger partial charge >= 0.3 is 0 Å². The van der Waals surface area contributed by atoms with Crippen molar-refractivity contribution in [1.29, 1.82) is 5.26 Å². The number of carbonyl (C=O) groups is 1. The zero-order chi connectivity index (χ0) is 12.5. The number of hydrogen-bond donors (Lipinski definition) is 1. The molecule has 2 saturated carbocycles. The molecule has 1 N–H and O–H groups in total. The second-order valence-corrected chi connectivity index (χ2v) is 5.34. The molecule has 0 bridgehead atoms. The predicted molar refractivity (Wildman–Crippen MR) is 65.6 cm³/mol. The summed E-state index contributed by atoms with van der Waals surface area (Å²) in [5.74, 6) is 1.80. The van der Waals surface area contributed by atoms with Crippen LogP contribution in [0.5, 0.6) is 0 Å². The van der Waals surface area contributed by atoms with Crippen LogP contribution in [0.4, 0.5) is 5.82 Å². The van der Waals surface area contributed by atoms with Crippen LogP contribution in [0, 0.1) is 23.2 Å². The van der Waals surface area contributed by atoms with Crippen LogP contribution < -0.4 is 5.32 Å². The highest BCUT2D eigenvalue weighted by Crippen LogP contribution is 2.34. The Balaban J connectivity index is 1.72. The number of amides is 1. The molecule has 5 nitrogen and oxygen atoms in total. The average Bonchev–Trinajstić information content (AvgIpc) is 3.23. The summed E-state index contributed by atoms with van der Waals surface area (Å²) in [4.78, 5) is 11.8. The first-order valence-corrected chi connectivity index (χ1v) is 6.52. The van der Waals surface area contributed by atoms with Crippen LogP contribution in [0.1, 0.15) is 37.7 Å². The molecule has 2 aliphatic rings. The summed E-state index contributed by atoms with van der Waals surface area (Å²) in [5.41, 5.74) is 0.458. The molecule has 0 atom stereocenters. The van der Waals surface area contributed by atoms with Crippen LogP contribution in [0.3, 0.4) is 0 Å².